The standard InChI is InChI=1S/C14H24N2O4/c17-14(18)13-4-3-11(20-13)6-15-7-12-8-16-5-1-2-10(16)9-19-12/h10-13,15H,1-9H2,(H,17,18). The highest BCUT2D eigenvalue weighted by Gasteiger charge is 2.33. The molecule has 0 bridgehead atoms. The summed E-state index contributed by atoms with van der Waals surface area (Å²) in [5, 5.41) is 12.2. The van der Waals surface area contributed by atoms with Gasteiger partial charge in [0, 0.05) is 25.7 Å². The van der Waals surface area contributed by atoms with E-state index >= 15 is 0 Å². The molecule has 20 heavy (non-hydrogen) atoms. The van der Waals surface area contributed by atoms with Crippen molar-refractivity contribution in [2.75, 3.05) is 32.8 Å². The van der Waals surface area contributed by atoms with E-state index in [9.17, 15) is 4.79 Å². The predicted octanol–water partition coefficient (Wildman–Crippen LogP) is 0.0714. The van der Waals surface area contributed by atoms with Crippen LogP contribution in [0, 0.1) is 0 Å². The maximum atomic E-state index is 10.8. The van der Waals surface area contributed by atoms with Gasteiger partial charge in [-0.2, -0.15) is 0 Å². The van der Waals surface area contributed by atoms with E-state index in [-0.39, 0.29) is 12.2 Å². The maximum absolute atomic E-state index is 10.8. The third-order valence-electron chi connectivity index (χ3n) is 4.59. The second-order valence-corrected chi connectivity index (χ2v) is 6.07. The molecular weight excluding hydrogens is 260 g/mol. The molecule has 3 fully saturated rings. The van der Waals surface area contributed by atoms with Crippen molar-refractivity contribution in [2.24, 2.45) is 0 Å². The Morgan fingerprint density at radius 3 is 2.90 bits per heavy atom. The summed E-state index contributed by atoms with van der Waals surface area (Å²) in [6.07, 6.45) is 3.67. The van der Waals surface area contributed by atoms with Crippen LogP contribution < -0.4 is 5.32 Å². The number of carbonyl (C=O) groups is 1. The highest BCUT2D eigenvalue weighted by molar-refractivity contribution is 5.72. The zero-order valence-corrected chi connectivity index (χ0v) is 11.8. The lowest BCUT2D eigenvalue weighted by Crippen LogP contribution is -2.50. The zero-order valence-electron chi connectivity index (χ0n) is 11.8. The van der Waals surface area contributed by atoms with Gasteiger partial charge in [-0.15, -0.1) is 0 Å². The van der Waals surface area contributed by atoms with Gasteiger partial charge < -0.3 is 19.9 Å². The summed E-state index contributed by atoms with van der Waals surface area (Å²) < 4.78 is 11.3. The molecule has 3 aliphatic rings. The van der Waals surface area contributed by atoms with Gasteiger partial charge in [-0.25, -0.2) is 4.79 Å². The van der Waals surface area contributed by atoms with Crippen LogP contribution in [0.5, 0.6) is 0 Å². The zero-order chi connectivity index (χ0) is 13.9. The Kier molecular flexibility index (Phi) is 4.55. The second kappa shape index (κ2) is 6.39. The number of hydrogen-bond donors (Lipinski definition) is 2. The van der Waals surface area contributed by atoms with Crippen LogP contribution in [-0.4, -0.2) is 73.1 Å². The number of fused-ring (bicyclic) bond motifs is 1. The molecule has 0 aromatic heterocycles. The van der Waals surface area contributed by atoms with Gasteiger partial charge in [-0.05, 0) is 32.2 Å². The van der Waals surface area contributed by atoms with Crippen molar-refractivity contribution in [1.82, 2.24) is 10.2 Å². The number of aliphatic carboxylic acids is 1. The van der Waals surface area contributed by atoms with Gasteiger partial charge in [0.2, 0.25) is 0 Å². The molecular formula is C14H24N2O4. The number of carboxylic acids is 1. The number of hydrogen-bond acceptors (Lipinski definition) is 5. The summed E-state index contributed by atoms with van der Waals surface area (Å²) in [6.45, 7) is 4.61. The summed E-state index contributed by atoms with van der Waals surface area (Å²) in [6, 6.07) is 0.640. The van der Waals surface area contributed by atoms with Gasteiger partial charge in [0.15, 0.2) is 6.10 Å². The van der Waals surface area contributed by atoms with Crippen LogP contribution in [0.2, 0.25) is 0 Å². The third-order valence-corrected chi connectivity index (χ3v) is 4.59. The van der Waals surface area contributed by atoms with Crippen LogP contribution in [0.4, 0.5) is 0 Å². The lowest BCUT2D eigenvalue weighted by Gasteiger charge is -2.35. The number of ether oxygens (including phenoxy) is 2. The molecule has 3 rings (SSSR count). The largest absolute Gasteiger partial charge is 0.479 e. The van der Waals surface area contributed by atoms with Gasteiger partial charge in [-0.3, -0.25) is 4.90 Å². The molecule has 3 heterocycles. The van der Waals surface area contributed by atoms with Crippen LogP contribution in [-0.2, 0) is 14.3 Å². The Morgan fingerprint density at radius 2 is 2.10 bits per heavy atom. The van der Waals surface area contributed by atoms with Gasteiger partial charge in [-0.1, -0.05) is 0 Å². The smallest absolute Gasteiger partial charge is 0.332 e. The first-order chi connectivity index (χ1) is 9.72. The van der Waals surface area contributed by atoms with Gasteiger partial charge in [0.05, 0.1) is 18.8 Å². The van der Waals surface area contributed by atoms with E-state index < -0.39 is 12.1 Å². The predicted molar refractivity (Wildman–Crippen MR) is 72.7 cm³/mol. The molecule has 0 saturated carbocycles. The van der Waals surface area contributed by atoms with E-state index in [0.717, 1.165) is 26.1 Å². The SMILES string of the molecule is O=C(O)C1CCC(CNCC2CN3CCCC3CO2)O1. The van der Waals surface area contributed by atoms with Crippen molar-refractivity contribution in [3.63, 3.8) is 0 Å². The Hall–Kier alpha value is -0.690. The number of nitrogens with one attached hydrogen (secondary N) is 1. The Bertz CT molecular complexity index is 352. The van der Waals surface area contributed by atoms with Crippen LogP contribution in [0.3, 0.4) is 0 Å². The number of carboxylic acid groups (broad SMARTS) is 1. The number of rotatable bonds is 5. The molecule has 6 heteroatoms. The first-order valence-corrected chi connectivity index (χ1v) is 7.67. The molecule has 2 N–H and O–H groups in total. The maximum Gasteiger partial charge on any atom is 0.332 e. The summed E-state index contributed by atoms with van der Waals surface area (Å²) >= 11 is 0. The quantitative estimate of drug-likeness (QED) is 0.744. The van der Waals surface area contributed by atoms with Crippen LogP contribution in [0.1, 0.15) is 25.7 Å². The highest BCUT2D eigenvalue weighted by Crippen LogP contribution is 2.22. The summed E-state index contributed by atoms with van der Waals surface area (Å²) in [5.41, 5.74) is 0. The van der Waals surface area contributed by atoms with E-state index in [1.165, 1.54) is 19.4 Å². The molecule has 4 unspecified atom stereocenters. The fraction of sp³-hybridized carbons (Fsp3) is 0.929. The first-order valence-electron chi connectivity index (χ1n) is 7.67. The lowest BCUT2D eigenvalue weighted by atomic mass is 10.1. The van der Waals surface area contributed by atoms with Crippen LogP contribution in [0.25, 0.3) is 0 Å². The van der Waals surface area contributed by atoms with E-state index in [2.05, 4.69) is 10.2 Å². The average Bonchev–Trinajstić information content (AvgIpc) is 3.06. The van der Waals surface area contributed by atoms with Crippen molar-refractivity contribution in [3.8, 4) is 0 Å². The summed E-state index contributed by atoms with van der Waals surface area (Å²) in [5.74, 6) is -0.844. The average molecular weight is 284 g/mol. The molecule has 3 saturated heterocycles. The van der Waals surface area contributed by atoms with Crippen molar-refractivity contribution in [1.29, 1.82) is 0 Å². The first kappa shape index (κ1) is 14.3. The fourth-order valence-corrected chi connectivity index (χ4v) is 3.45. The molecule has 0 radical (unpaired) electrons. The normalized spacial score (nSPS) is 38.0. The number of nitrogens with zero attached hydrogens (tertiary/aromatic N) is 1. The van der Waals surface area contributed by atoms with Crippen LogP contribution in [0.15, 0.2) is 0 Å². The minimum absolute atomic E-state index is 0.0271. The fourth-order valence-electron chi connectivity index (χ4n) is 3.45. The monoisotopic (exact) mass is 284 g/mol. The lowest BCUT2D eigenvalue weighted by molar-refractivity contribution is -0.149. The minimum atomic E-state index is -0.844. The molecule has 0 aromatic rings. The minimum Gasteiger partial charge on any atom is -0.479 e. The molecule has 0 aromatic carbocycles. The van der Waals surface area contributed by atoms with Gasteiger partial charge in [0.25, 0.3) is 0 Å². The summed E-state index contributed by atoms with van der Waals surface area (Å²) in [4.78, 5) is 13.3. The van der Waals surface area contributed by atoms with E-state index in [1.807, 2.05) is 0 Å². The van der Waals surface area contributed by atoms with Crippen molar-refractivity contribution in [3.05, 3.63) is 0 Å². The van der Waals surface area contributed by atoms with Crippen molar-refractivity contribution >= 4 is 5.97 Å². The van der Waals surface area contributed by atoms with Gasteiger partial charge >= 0.3 is 5.97 Å². The third kappa shape index (κ3) is 3.31. The highest BCUT2D eigenvalue weighted by atomic mass is 16.5. The molecule has 0 spiro atoms. The summed E-state index contributed by atoms with van der Waals surface area (Å²) in [7, 11) is 0. The molecule has 0 amide bonds. The van der Waals surface area contributed by atoms with Crippen molar-refractivity contribution < 1.29 is 19.4 Å². The van der Waals surface area contributed by atoms with E-state index in [1.54, 1.807) is 0 Å². The van der Waals surface area contributed by atoms with E-state index in [0.29, 0.717) is 19.0 Å². The van der Waals surface area contributed by atoms with Gasteiger partial charge in [0.1, 0.15) is 0 Å². The second-order valence-electron chi connectivity index (χ2n) is 6.07. The molecule has 3 aliphatic heterocycles. The molecule has 0 aliphatic carbocycles. The van der Waals surface area contributed by atoms with Crippen LogP contribution >= 0.6 is 0 Å². The molecule has 6 nitrogen and oxygen atoms in total. The topological polar surface area (TPSA) is 71.0 Å². The van der Waals surface area contributed by atoms with E-state index in [4.69, 9.17) is 14.6 Å². The molecule has 114 valence electrons. The number of morpholine rings is 1. The Morgan fingerprint density at radius 1 is 1.25 bits per heavy atom. The Labute approximate surface area is 119 Å². The molecule has 4 atom stereocenters. The Balaban J connectivity index is 1.33. The van der Waals surface area contributed by atoms with Crippen molar-refractivity contribution in [2.45, 2.75) is 50.0 Å².